The monoisotopic (exact) mass is 292 g/mol. The van der Waals surface area contributed by atoms with Crippen molar-refractivity contribution in [3.63, 3.8) is 0 Å². The Morgan fingerprint density at radius 1 is 1.50 bits per heavy atom. The second kappa shape index (κ2) is 5.17. The topological polar surface area (TPSA) is 82.6 Å². The van der Waals surface area contributed by atoms with Crippen LogP contribution in [-0.4, -0.2) is 52.7 Å². The normalized spacial score (nSPS) is 19.9. The molecule has 0 saturated carbocycles. The van der Waals surface area contributed by atoms with E-state index in [1.54, 1.807) is 0 Å². The predicted octanol–water partition coefficient (Wildman–Crippen LogP) is 1.25. The lowest BCUT2D eigenvalue weighted by atomic mass is 10.2. The maximum Gasteiger partial charge on any atom is 0.334 e. The van der Waals surface area contributed by atoms with Gasteiger partial charge in [0.2, 0.25) is 0 Å². The number of morpholine rings is 1. The smallest absolute Gasteiger partial charge is 0.334 e. The predicted molar refractivity (Wildman–Crippen MR) is 64.1 cm³/mol. The molecule has 2 rings (SSSR count). The Labute approximate surface area is 112 Å². The van der Waals surface area contributed by atoms with Gasteiger partial charge < -0.3 is 19.7 Å². The Bertz CT molecular complexity index is 469. The van der Waals surface area contributed by atoms with Crippen LogP contribution in [0, 0.1) is 0 Å². The summed E-state index contributed by atoms with van der Waals surface area (Å²) in [5, 5.41) is 9.28. The quantitative estimate of drug-likeness (QED) is 0.859. The van der Waals surface area contributed by atoms with Gasteiger partial charge in [0.1, 0.15) is 10.8 Å². The van der Waals surface area contributed by atoms with Crippen molar-refractivity contribution in [1.82, 2.24) is 9.88 Å². The van der Waals surface area contributed by atoms with Crippen molar-refractivity contribution in [3.05, 3.63) is 21.9 Å². The number of aromatic nitrogens is 1. The Balaban J connectivity index is 2.11. The third kappa shape index (κ3) is 2.60. The molecule has 2 heterocycles. The van der Waals surface area contributed by atoms with Crippen LogP contribution >= 0.6 is 23.2 Å². The lowest BCUT2D eigenvalue weighted by Gasteiger charge is -2.30. The van der Waals surface area contributed by atoms with Gasteiger partial charge in [-0.2, -0.15) is 0 Å². The SMILES string of the molecule is O=C(O)[C@@H]1CN(C(=O)c2cc(Cl)c(Cl)[nH]2)CCO1. The first-order valence-corrected chi connectivity index (χ1v) is 5.92. The summed E-state index contributed by atoms with van der Waals surface area (Å²) >= 11 is 11.5. The number of hydrogen-bond acceptors (Lipinski definition) is 3. The lowest BCUT2D eigenvalue weighted by Crippen LogP contribution is -2.48. The fourth-order valence-corrected chi connectivity index (χ4v) is 1.99. The van der Waals surface area contributed by atoms with Crippen LogP contribution < -0.4 is 0 Å². The molecular weight excluding hydrogens is 283 g/mol. The van der Waals surface area contributed by atoms with E-state index in [-0.39, 0.29) is 34.9 Å². The molecule has 1 aromatic rings. The van der Waals surface area contributed by atoms with E-state index in [9.17, 15) is 9.59 Å². The average molecular weight is 293 g/mol. The number of carbonyl (C=O) groups excluding carboxylic acids is 1. The summed E-state index contributed by atoms with van der Waals surface area (Å²) in [6, 6.07) is 1.41. The van der Waals surface area contributed by atoms with E-state index in [0.29, 0.717) is 6.54 Å². The molecule has 1 aliphatic heterocycles. The minimum absolute atomic E-state index is 0.00241. The molecule has 1 aliphatic rings. The summed E-state index contributed by atoms with van der Waals surface area (Å²) in [4.78, 5) is 26.9. The second-order valence-electron chi connectivity index (χ2n) is 3.79. The van der Waals surface area contributed by atoms with Crippen LogP contribution in [0.15, 0.2) is 6.07 Å². The molecule has 98 valence electrons. The van der Waals surface area contributed by atoms with Crippen molar-refractivity contribution in [2.24, 2.45) is 0 Å². The molecule has 0 spiro atoms. The van der Waals surface area contributed by atoms with Gasteiger partial charge in [-0.05, 0) is 6.07 Å². The van der Waals surface area contributed by atoms with Crippen molar-refractivity contribution in [2.75, 3.05) is 19.7 Å². The molecule has 0 unspecified atom stereocenters. The highest BCUT2D eigenvalue weighted by Gasteiger charge is 2.30. The molecule has 6 nitrogen and oxygen atoms in total. The highest BCUT2D eigenvalue weighted by Crippen LogP contribution is 2.23. The van der Waals surface area contributed by atoms with Gasteiger partial charge in [-0.3, -0.25) is 4.79 Å². The second-order valence-corrected chi connectivity index (χ2v) is 4.58. The summed E-state index contributed by atoms with van der Waals surface area (Å²) in [7, 11) is 0. The van der Waals surface area contributed by atoms with Gasteiger partial charge in [0.15, 0.2) is 6.10 Å². The Morgan fingerprint density at radius 3 is 2.78 bits per heavy atom. The molecule has 1 amide bonds. The minimum Gasteiger partial charge on any atom is -0.479 e. The number of carbonyl (C=O) groups is 2. The molecule has 1 fully saturated rings. The van der Waals surface area contributed by atoms with E-state index in [0.717, 1.165) is 0 Å². The fraction of sp³-hybridized carbons (Fsp3) is 0.400. The fourth-order valence-electron chi connectivity index (χ4n) is 1.67. The van der Waals surface area contributed by atoms with E-state index in [4.69, 9.17) is 33.0 Å². The summed E-state index contributed by atoms with van der Waals surface area (Å²) in [5.74, 6) is -1.44. The molecule has 18 heavy (non-hydrogen) atoms. The van der Waals surface area contributed by atoms with Crippen molar-refractivity contribution in [2.45, 2.75) is 6.10 Å². The van der Waals surface area contributed by atoms with Gasteiger partial charge in [-0.25, -0.2) is 4.79 Å². The zero-order valence-corrected chi connectivity index (χ0v) is 10.7. The van der Waals surface area contributed by atoms with E-state index < -0.39 is 12.1 Å². The van der Waals surface area contributed by atoms with Crippen LogP contribution in [0.4, 0.5) is 0 Å². The van der Waals surface area contributed by atoms with Crippen LogP contribution in [0.1, 0.15) is 10.5 Å². The van der Waals surface area contributed by atoms with Gasteiger partial charge in [0.05, 0.1) is 18.2 Å². The first-order valence-electron chi connectivity index (χ1n) is 5.16. The Kier molecular flexibility index (Phi) is 3.79. The van der Waals surface area contributed by atoms with Crippen molar-refractivity contribution >= 4 is 35.1 Å². The number of amides is 1. The lowest BCUT2D eigenvalue weighted by molar-refractivity contribution is -0.154. The minimum atomic E-state index is -1.09. The van der Waals surface area contributed by atoms with E-state index >= 15 is 0 Å². The van der Waals surface area contributed by atoms with Crippen LogP contribution in [0.3, 0.4) is 0 Å². The molecule has 8 heteroatoms. The van der Waals surface area contributed by atoms with Crippen LogP contribution in [0.25, 0.3) is 0 Å². The standard InChI is InChI=1S/C10H10Cl2N2O4/c11-5-3-6(13-8(5)12)9(15)14-1-2-18-7(4-14)10(16)17/h3,7,13H,1-2,4H2,(H,16,17)/t7-/m0/s1. The molecule has 1 atom stereocenters. The number of carboxylic acids is 1. The molecule has 1 saturated heterocycles. The number of hydrogen-bond donors (Lipinski definition) is 2. The number of aliphatic carboxylic acids is 1. The molecule has 2 N–H and O–H groups in total. The number of aromatic amines is 1. The maximum atomic E-state index is 12.1. The van der Waals surface area contributed by atoms with Gasteiger partial charge in [-0.1, -0.05) is 23.2 Å². The van der Waals surface area contributed by atoms with Crippen molar-refractivity contribution < 1.29 is 19.4 Å². The average Bonchev–Trinajstić information content (AvgIpc) is 2.69. The number of rotatable bonds is 2. The summed E-state index contributed by atoms with van der Waals surface area (Å²) < 4.78 is 5.03. The third-order valence-electron chi connectivity index (χ3n) is 2.58. The Morgan fingerprint density at radius 2 is 2.22 bits per heavy atom. The number of halogens is 2. The van der Waals surface area contributed by atoms with E-state index in [1.165, 1.54) is 11.0 Å². The third-order valence-corrected chi connectivity index (χ3v) is 3.28. The first kappa shape index (κ1) is 13.2. The highest BCUT2D eigenvalue weighted by atomic mass is 35.5. The van der Waals surface area contributed by atoms with Gasteiger partial charge in [0.25, 0.3) is 5.91 Å². The number of carboxylic acid groups (broad SMARTS) is 1. The summed E-state index contributed by atoms with van der Waals surface area (Å²) in [5.41, 5.74) is 0.232. The summed E-state index contributed by atoms with van der Waals surface area (Å²) in [6.45, 7) is 0.518. The number of ether oxygens (including phenoxy) is 1. The molecule has 0 bridgehead atoms. The van der Waals surface area contributed by atoms with Crippen molar-refractivity contribution in [3.8, 4) is 0 Å². The highest BCUT2D eigenvalue weighted by molar-refractivity contribution is 6.41. The molecule has 1 aromatic heterocycles. The zero-order chi connectivity index (χ0) is 13.3. The Hall–Kier alpha value is -1.24. The molecular formula is C10H10Cl2N2O4. The molecule has 0 aliphatic carbocycles. The number of nitrogens with one attached hydrogen (secondary N) is 1. The largest absolute Gasteiger partial charge is 0.479 e. The number of nitrogens with zero attached hydrogens (tertiary/aromatic N) is 1. The molecule has 0 radical (unpaired) electrons. The van der Waals surface area contributed by atoms with Crippen LogP contribution in [-0.2, 0) is 9.53 Å². The maximum absolute atomic E-state index is 12.1. The summed E-state index contributed by atoms with van der Waals surface area (Å²) in [6.07, 6.45) is -0.997. The zero-order valence-electron chi connectivity index (χ0n) is 9.15. The van der Waals surface area contributed by atoms with Gasteiger partial charge in [0, 0.05) is 6.54 Å². The van der Waals surface area contributed by atoms with Crippen LogP contribution in [0.2, 0.25) is 10.2 Å². The first-order chi connectivity index (χ1) is 8.49. The van der Waals surface area contributed by atoms with Gasteiger partial charge in [-0.15, -0.1) is 0 Å². The van der Waals surface area contributed by atoms with Gasteiger partial charge >= 0.3 is 5.97 Å². The van der Waals surface area contributed by atoms with E-state index in [2.05, 4.69) is 4.98 Å². The van der Waals surface area contributed by atoms with Crippen LogP contribution in [0.5, 0.6) is 0 Å². The molecule has 0 aromatic carbocycles. The van der Waals surface area contributed by atoms with Crippen molar-refractivity contribution in [1.29, 1.82) is 0 Å². The van der Waals surface area contributed by atoms with E-state index in [1.807, 2.05) is 0 Å². The number of H-pyrrole nitrogens is 1.